The van der Waals surface area contributed by atoms with Crippen LogP contribution in [0.15, 0.2) is 41.3 Å². The average Bonchev–Trinajstić information content (AvgIpc) is 2.36. The van der Waals surface area contributed by atoms with Crippen molar-refractivity contribution in [3.8, 4) is 0 Å². The molecule has 19 heavy (non-hydrogen) atoms. The van der Waals surface area contributed by atoms with E-state index in [1.54, 1.807) is 25.1 Å². The van der Waals surface area contributed by atoms with Gasteiger partial charge in [-0.05, 0) is 25.5 Å². The smallest absolute Gasteiger partial charge is 0.250 e. The first-order chi connectivity index (χ1) is 8.88. The normalized spacial score (nSPS) is 11.1. The largest absolute Gasteiger partial charge is 0.321 e. The number of carbonyl (C=O) groups is 1. The minimum atomic E-state index is -3.62. The monoisotopic (exact) mass is 282 g/mol. The van der Waals surface area contributed by atoms with E-state index in [1.165, 1.54) is 6.07 Å². The molecule has 2 N–H and O–H groups in total. The number of sulfonamides is 1. The zero-order valence-corrected chi connectivity index (χ0v) is 11.9. The van der Waals surface area contributed by atoms with Crippen LogP contribution in [0.5, 0.6) is 0 Å². The van der Waals surface area contributed by atoms with Gasteiger partial charge in [-0.2, -0.15) is 0 Å². The second-order valence-corrected chi connectivity index (χ2v) is 5.86. The first-order valence-corrected chi connectivity index (χ1v) is 7.42. The molecule has 0 heterocycles. The van der Waals surface area contributed by atoms with Crippen LogP contribution < -0.4 is 10.0 Å². The Morgan fingerprint density at radius 2 is 1.95 bits per heavy atom. The molecule has 0 atom stereocenters. The molecule has 0 bridgehead atoms. The molecule has 0 saturated heterocycles. The summed E-state index contributed by atoms with van der Waals surface area (Å²) in [7, 11) is -3.62. The predicted octanol–water partition coefficient (Wildman–Crippen LogP) is 1.89. The van der Waals surface area contributed by atoms with Crippen molar-refractivity contribution in [1.82, 2.24) is 4.72 Å². The second kappa shape index (κ2) is 6.49. The summed E-state index contributed by atoms with van der Waals surface area (Å²) < 4.78 is 26.6. The molecule has 104 valence electrons. The van der Waals surface area contributed by atoms with E-state index in [-0.39, 0.29) is 10.6 Å². The Morgan fingerprint density at radius 1 is 1.32 bits per heavy atom. The van der Waals surface area contributed by atoms with Crippen molar-refractivity contribution in [2.75, 3.05) is 11.9 Å². The number of nitrogens with one attached hydrogen (secondary N) is 2. The van der Waals surface area contributed by atoms with Crippen molar-refractivity contribution >= 4 is 21.6 Å². The Labute approximate surface area is 113 Å². The Bertz CT molecular complexity index is 579. The van der Waals surface area contributed by atoms with Gasteiger partial charge in [0.2, 0.25) is 10.0 Å². The van der Waals surface area contributed by atoms with Gasteiger partial charge in [-0.3, -0.25) is 4.79 Å². The lowest BCUT2D eigenvalue weighted by Gasteiger charge is -2.12. The van der Waals surface area contributed by atoms with E-state index < -0.39 is 15.9 Å². The molecule has 0 aromatic heterocycles. The molecule has 5 nitrogen and oxygen atoms in total. The molecular formula is C13H18N2O3S. The fourth-order valence-corrected chi connectivity index (χ4v) is 2.64. The number of amides is 1. The first-order valence-electron chi connectivity index (χ1n) is 5.94. The second-order valence-electron chi connectivity index (χ2n) is 4.13. The molecule has 0 saturated carbocycles. The van der Waals surface area contributed by atoms with Gasteiger partial charge in [0, 0.05) is 12.1 Å². The lowest BCUT2D eigenvalue weighted by molar-refractivity contribution is -0.112. The quantitative estimate of drug-likeness (QED) is 0.782. The molecule has 6 heteroatoms. The average molecular weight is 282 g/mol. The highest BCUT2D eigenvalue weighted by Crippen LogP contribution is 2.21. The van der Waals surface area contributed by atoms with Crippen LogP contribution in [0.3, 0.4) is 0 Å². The fourth-order valence-electron chi connectivity index (χ4n) is 1.35. The molecule has 0 aliphatic carbocycles. The Balaban J connectivity index is 3.09. The highest BCUT2D eigenvalue weighted by Gasteiger charge is 2.18. The first kappa shape index (κ1) is 15.4. The molecule has 0 fully saturated rings. The molecule has 0 radical (unpaired) electrons. The van der Waals surface area contributed by atoms with E-state index in [4.69, 9.17) is 0 Å². The summed E-state index contributed by atoms with van der Waals surface area (Å²) in [5.41, 5.74) is 0.563. The minimum absolute atomic E-state index is 0.0538. The maximum Gasteiger partial charge on any atom is 0.250 e. The van der Waals surface area contributed by atoms with Gasteiger partial charge in [0.05, 0.1) is 5.69 Å². The molecule has 1 amide bonds. The lowest BCUT2D eigenvalue weighted by atomic mass is 10.3. The van der Waals surface area contributed by atoms with Crippen molar-refractivity contribution in [3.63, 3.8) is 0 Å². The molecule has 1 aromatic rings. The van der Waals surface area contributed by atoms with Crippen LogP contribution in [0.2, 0.25) is 0 Å². The van der Waals surface area contributed by atoms with Crippen LogP contribution in [-0.2, 0) is 14.8 Å². The summed E-state index contributed by atoms with van der Waals surface area (Å²) in [6, 6.07) is 6.26. The molecular weight excluding hydrogens is 264 g/mol. The van der Waals surface area contributed by atoms with Crippen molar-refractivity contribution in [2.45, 2.75) is 25.2 Å². The van der Waals surface area contributed by atoms with Crippen molar-refractivity contribution in [3.05, 3.63) is 36.4 Å². The molecule has 0 spiro atoms. The van der Waals surface area contributed by atoms with E-state index in [2.05, 4.69) is 16.6 Å². The van der Waals surface area contributed by atoms with Crippen LogP contribution in [-0.4, -0.2) is 20.9 Å². The third-order valence-corrected chi connectivity index (χ3v) is 3.87. The summed E-state index contributed by atoms with van der Waals surface area (Å²) in [5, 5.41) is 2.53. The van der Waals surface area contributed by atoms with Gasteiger partial charge in [0.25, 0.3) is 5.91 Å². The molecule has 1 aromatic carbocycles. The van der Waals surface area contributed by atoms with Gasteiger partial charge in [-0.1, -0.05) is 25.6 Å². The van der Waals surface area contributed by atoms with Crippen molar-refractivity contribution in [2.24, 2.45) is 0 Å². The SMILES string of the molecule is C=C(C)C(=O)Nc1ccccc1S(=O)(=O)NCCC. The third kappa shape index (κ3) is 4.18. The predicted molar refractivity (Wildman–Crippen MR) is 75.4 cm³/mol. The number of para-hydroxylation sites is 1. The zero-order chi connectivity index (χ0) is 14.5. The summed E-state index contributed by atoms with van der Waals surface area (Å²) in [6.45, 7) is 7.30. The summed E-state index contributed by atoms with van der Waals surface area (Å²) in [6.07, 6.45) is 0.694. The molecule has 0 unspecified atom stereocenters. The van der Waals surface area contributed by atoms with E-state index in [0.29, 0.717) is 18.5 Å². The molecule has 0 aliphatic heterocycles. The van der Waals surface area contributed by atoms with Crippen LogP contribution in [0, 0.1) is 0 Å². The number of hydrogen-bond acceptors (Lipinski definition) is 3. The lowest BCUT2D eigenvalue weighted by Crippen LogP contribution is -2.26. The summed E-state index contributed by atoms with van der Waals surface area (Å²) in [4.78, 5) is 11.6. The van der Waals surface area contributed by atoms with Crippen LogP contribution in [0.25, 0.3) is 0 Å². The van der Waals surface area contributed by atoms with Gasteiger partial charge in [0.1, 0.15) is 4.90 Å². The molecule has 1 rings (SSSR count). The van der Waals surface area contributed by atoms with Crippen LogP contribution in [0.1, 0.15) is 20.3 Å². The van der Waals surface area contributed by atoms with E-state index >= 15 is 0 Å². The molecule has 0 aliphatic rings. The number of anilines is 1. The standard InChI is InChI=1S/C13H18N2O3S/c1-4-9-14-19(17,18)12-8-6-5-7-11(12)15-13(16)10(2)3/h5-8,14H,2,4,9H2,1,3H3,(H,15,16). The summed E-state index contributed by atoms with van der Waals surface area (Å²) >= 11 is 0. The Morgan fingerprint density at radius 3 is 2.53 bits per heavy atom. The Hall–Kier alpha value is -1.66. The van der Waals surface area contributed by atoms with E-state index in [1.807, 2.05) is 6.92 Å². The highest BCUT2D eigenvalue weighted by atomic mass is 32.2. The van der Waals surface area contributed by atoms with Gasteiger partial charge in [0.15, 0.2) is 0 Å². The highest BCUT2D eigenvalue weighted by molar-refractivity contribution is 7.89. The maximum atomic E-state index is 12.1. The summed E-state index contributed by atoms with van der Waals surface area (Å²) in [5.74, 6) is -0.404. The number of hydrogen-bond donors (Lipinski definition) is 2. The maximum absolute atomic E-state index is 12.1. The van der Waals surface area contributed by atoms with Crippen LogP contribution in [0.4, 0.5) is 5.69 Å². The third-order valence-electron chi connectivity index (χ3n) is 2.35. The zero-order valence-electron chi connectivity index (χ0n) is 11.1. The van der Waals surface area contributed by atoms with Gasteiger partial charge in [-0.25, -0.2) is 13.1 Å². The number of benzene rings is 1. The van der Waals surface area contributed by atoms with Crippen molar-refractivity contribution < 1.29 is 13.2 Å². The van der Waals surface area contributed by atoms with Gasteiger partial charge < -0.3 is 5.32 Å². The van der Waals surface area contributed by atoms with E-state index in [0.717, 1.165) is 0 Å². The number of rotatable bonds is 6. The van der Waals surface area contributed by atoms with Crippen molar-refractivity contribution in [1.29, 1.82) is 0 Å². The Kier molecular flexibility index (Phi) is 5.26. The van der Waals surface area contributed by atoms with Gasteiger partial charge >= 0.3 is 0 Å². The van der Waals surface area contributed by atoms with Crippen LogP contribution >= 0.6 is 0 Å². The van der Waals surface area contributed by atoms with E-state index in [9.17, 15) is 13.2 Å². The topological polar surface area (TPSA) is 75.3 Å². The fraction of sp³-hybridized carbons (Fsp3) is 0.308. The minimum Gasteiger partial charge on any atom is -0.321 e. The van der Waals surface area contributed by atoms with Gasteiger partial charge in [-0.15, -0.1) is 0 Å². The number of carbonyl (C=O) groups excluding carboxylic acids is 1.